The van der Waals surface area contributed by atoms with Crippen molar-refractivity contribution in [1.82, 2.24) is 97.7 Å². The molecule has 0 bridgehead atoms. The number of fused-ring (bicyclic) bond motifs is 4. The van der Waals surface area contributed by atoms with E-state index < -0.39 is 82.8 Å². The highest BCUT2D eigenvalue weighted by Gasteiger charge is 2.28. The number of aliphatic hydroxyl groups excluding tert-OH is 3. The minimum absolute atomic E-state index is 0.0445. The molecule has 12 heterocycles. The molecule has 742 valence electrons. The lowest BCUT2D eigenvalue weighted by molar-refractivity contribution is -0.147. The largest absolute Gasteiger partial charge is 0.479 e. The zero-order chi connectivity index (χ0) is 102. The minimum atomic E-state index is -1.27. The molecular weight excluding hydrogens is 1800 g/mol. The van der Waals surface area contributed by atoms with Crippen LogP contribution in [0.1, 0.15) is 155 Å². The number of nitrogens with one attached hydrogen (secondary N) is 5. The molecule has 0 fully saturated rings. The Hall–Kier alpha value is -14.7. The third-order valence-corrected chi connectivity index (χ3v) is 20.8. The molecule has 2 atom stereocenters. The fourth-order valence-corrected chi connectivity index (χ4v) is 13.7. The van der Waals surface area contributed by atoms with Gasteiger partial charge in [0.1, 0.15) is 51.1 Å². The van der Waals surface area contributed by atoms with Crippen LogP contribution in [0.2, 0.25) is 0 Å². The predicted molar refractivity (Wildman–Crippen MR) is 509 cm³/mol. The number of carboxylic acids is 1. The number of nitrogens with zero attached hydrogens (tertiary/aromatic N) is 16. The maximum atomic E-state index is 14.5. The molecule has 44 heteroatoms. The summed E-state index contributed by atoms with van der Waals surface area (Å²) >= 11 is 0. The lowest BCUT2D eigenvalue weighted by Crippen LogP contribution is -2.38. The number of hydrogen-bond acceptors (Lipinski definition) is 26. The summed E-state index contributed by atoms with van der Waals surface area (Å²) in [6, 6.07) is 12.5. The Bertz CT molecular complexity index is 6460. The van der Waals surface area contributed by atoms with E-state index in [1.807, 2.05) is 47.6 Å². The molecule has 0 aromatic carbocycles. The van der Waals surface area contributed by atoms with Crippen molar-refractivity contribution in [2.75, 3.05) is 80.3 Å². The fourth-order valence-electron chi connectivity index (χ4n) is 13.7. The number of hydrogen-bond donors (Lipinski definition) is 11. The summed E-state index contributed by atoms with van der Waals surface area (Å²) in [5, 5.41) is 40.2. The van der Waals surface area contributed by atoms with E-state index in [9.17, 15) is 80.8 Å². The third kappa shape index (κ3) is 29.4. The number of carbonyl (C=O) groups is 6. The number of pyridine rings is 8. The first-order valence-corrected chi connectivity index (χ1v) is 44.1. The topological polar surface area (TPSA) is 542 Å². The summed E-state index contributed by atoms with van der Waals surface area (Å²) in [5.41, 5.74) is 17.9. The Balaban J connectivity index is 0.000000218. The number of rotatable bonds is 34. The van der Waals surface area contributed by atoms with Crippen LogP contribution in [0, 0.1) is 53.9 Å². The number of aliphatic carboxylic acids is 1. The van der Waals surface area contributed by atoms with Crippen molar-refractivity contribution in [2.45, 2.75) is 178 Å². The quantitative estimate of drug-likeness (QED) is 0.0132. The van der Waals surface area contributed by atoms with E-state index in [2.05, 4.69) is 79.0 Å². The standard InChI is InChI=1S/C29H38FN7O6.C19H23FN4O2.2C17H20FN5O2.C12H20N2O5/c1-17(2)13-21-26-25(19(30)14-31-21)33-23(34-26)15-37-18(16-38)11-12-20(28(37)41)32-27(40)22(43-29(42)36(5)6)9-7-8-10-24(39)35(3)4;1-11(2)7-15-18-17(14(20)8-21-15)22-16(23-18)9-24-13(10-26-4)6-5-12(3)19(24)25;2*1-9(2)5-13-16-15(11(18)6-20-13)21-14(22-16)7-23-10(8-24)3-4-12(19)17(23)25;1-13(2)10(15)8-6-5-7-9(11(16)17)19-12(18)14(3)4/h8,10-12,14,17,22,38H,7,9,13,15-16H2,1-6H3,(H,32,40)(H,33,34);5-6,8,11H,7,9-10H2,1-4H3,(H,22,23);2*3-4,6,9,24H,5,7-8,19H2,1-2H3,(H,21,22);6,8-9H,5,7H2,1-4H3,(H,16,17)/b10-8+;;;;8-6+/t22-;;;;9-/m0...0/s1. The third-order valence-electron chi connectivity index (χ3n) is 20.8. The molecule has 0 unspecified atom stereocenters. The number of nitrogen functional groups attached to an aromatic ring is 2. The van der Waals surface area contributed by atoms with Crippen LogP contribution >= 0.6 is 0 Å². The number of amides is 5. The monoisotopic (exact) mass is 1920 g/mol. The highest BCUT2D eigenvalue weighted by molar-refractivity contribution is 5.95. The molecular formula is C94H121F4N23O17. The van der Waals surface area contributed by atoms with Crippen LogP contribution in [0.4, 0.5) is 44.2 Å². The summed E-state index contributed by atoms with van der Waals surface area (Å²) in [6.07, 6.45) is 9.91. The Labute approximate surface area is 791 Å². The summed E-state index contributed by atoms with van der Waals surface area (Å²) < 4.78 is 77.6. The number of halogens is 4. The summed E-state index contributed by atoms with van der Waals surface area (Å²) in [4.78, 5) is 173. The van der Waals surface area contributed by atoms with Gasteiger partial charge in [-0.25, -0.2) is 51.9 Å². The summed E-state index contributed by atoms with van der Waals surface area (Å²) in [7, 11) is 13.9. The number of aliphatic hydroxyl groups is 3. The van der Waals surface area contributed by atoms with Gasteiger partial charge in [0.05, 0.1) is 134 Å². The van der Waals surface area contributed by atoms with Crippen LogP contribution in [-0.2, 0) is 112 Å². The van der Waals surface area contributed by atoms with Crippen LogP contribution in [-0.4, -0.2) is 230 Å². The van der Waals surface area contributed by atoms with E-state index in [4.69, 9.17) is 30.8 Å². The molecule has 12 rings (SSSR count). The zero-order valence-corrected chi connectivity index (χ0v) is 80.4. The van der Waals surface area contributed by atoms with E-state index >= 15 is 0 Å². The molecule has 0 saturated heterocycles. The normalized spacial score (nSPS) is 11.8. The summed E-state index contributed by atoms with van der Waals surface area (Å²) in [6.45, 7) is 17.5. The SMILES string of the molecule is CC(C)Cc1ncc(F)c2nc(Cn3c(CO)ccc(N)c3=O)[nH]c12.CC(C)Cc1ncc(F)c2nc(Cn3c(CO)ccc(N)c3=O)[nH]c12.CC(C)Cc1ncc(F)c2nc(Cn3c(CO)ccc(NC(=O)[C@H](CC/C=C/C(=O)N(C)C)OC(=O)N(C)C)c3=O)[nH]c12.CN(C)C(=O)/C=C/CC[C@H](OC(=O)N(C)C)C(=O)O.COCc1ccc(C)c(=O)n1Cc1nc2c(F)cnc(CC(C)C)c2[nH]1. The molecule has 5 amide bonds. The number of carboxylic acid groups (broad SMARTS) is 1. The van der Waals surface area contributed by atoms with Gasteiger partial charge in [-0.3, -0.25) is 53.5 Å². The summed E-state index contributed by atoms with van der Waals surface area (Å²) in [5.74, 6) is -1.59. The van der Waals surface area contributed by atoms with Crippen LogP contribution in [0.15, 0.2) is 117 Å². The van der Waals surface area contributed by atoms with Crippen molar-refractivity contribution in [3.8, 4) is 0 Å². The van der Waals surface area contributed by atoms with Gasteiger partial charge in [0, 0.05) is 91.8 Å². The highest BCUT2D eigenvalue weighted by Crippen LogP contribution is 2.27. The number of H-pyrrole nitrogens is 4. The number of aromatic amines is 4. The Morgan fingerprint density at radius 3 is 1.05 bits per heavy atom. The second-order valence-corrected chi connectivity index (χ2v) is 34.8. The second kappa shape index (κ2) is 50.2. The molecule has 138 heavy (non-hydrogen) atoms. The van der Waals surface area contributed by atoms with E-state index in [1.54, 1.807) is 77.1 Å². The molecule has 0 aliphatic rings. The van der Waals surface area contributed by atoms with Gasteiger partial charge >= 0.3 is 18.2 Å². The van der Waals surface area contributed by atoms with Gasteiger partial charge in [-0.2, -0.15) is 0 Å². The van der Waals surface area contributed by atoms with E-state index in [0.29, 0.717) is 112 Å². The predicted octanol–water partition coefficient (Wildman–Crippen LogP) is 9.11. The Kier molecular flexibility index (Phi) is 39.6. The fraction of sp³-hybridized carbons (Fsp3) is 0.426. The zero-order valence-electron chi connectivity index (χ0n) is 80.4. The number of likely N-dealkylation sites (N-methyl/N-ethyl adjacent to an activating group) is 2. The van der Waals surface area contributed by atoms with Gasteiger partial charge in [-0.05, 0) is 137 Å². The van der Waals surface area contributed by atoms with Crippen LogP contribution in [0.25, 0.3) is 44.1 Å². The molecule has 0 radical (unpaired) electrons. The van der Waals surface area contributed by atoms with Gasteiger partial charge in [-0.1, -0.05) is 73.6 Å². The average molecular weight is 1920 g/mol. The molecule has 12 aromatic rings. The lowest BCUT2D eigenvalue weighted by Gasteiger charge is -2.20. The van der Waals surface area contributed by atoms with Crippen LogP contribution in [0.3, 0.4) is 0 Å². The van der Waals surface area contributed by atoms with Gasteiger partial charge in [0.2, 0.25) is 17.9 Å². The van der Waals surface area contributed by atoms with Gasteiger partial charge < -0.3 is 109 Å². The lowest BCUT2D eigenvalue weighted by atomic mass is 10.1. The number of allylic oxidation sites excluding steroid dienone is 2. The van der Waals surface area contributed by atoms with Crippen LogP contribution < -0.4 is 39.0 Å². The van der Waals surface area contributed by atoms with Crippen LogP contribution in [0.5, 0.6) is 0 Å². The molecule has 0 aliphatic carbocycles. The molecule has 0 aliphatic heterocycles. The van der Waals surface area contributed by atoms with Crippen molar-refractivity contribution in [1.29, 1.82) is 0 Å². The molecule has 0 saturated carbocycles. The van der Waals surface area contributed by atoms with Gasteiger partial charge in [0.25, 0.3) is 28.1 Å². The highest BCUT2D eigenvalue weighted by atomic mass is 19.1. The minimum Gasteiger partial charge on any atom is -0.479 e. The van der Waals surface area contributed by atoms with Crippen molar-refractivity contribution in [2.24, 2.45) is 23.7 Å². The van der Waals surface area contributed by atoms with Gasteiger partial charge in [0.15, 0.2) is 29.4 Å². The smallest absolute Gasteiger partial charge is 0.410 e. The van der Waals surface area contributed by atoms with Crippen molar-refractivity contribution >= 4 is 97.1 Å². The number of nitrogens with two attached hydrogens (primary N) is 2. The molecule has 13 N–H and O–H groups in total. The number of aryl methyl sites for hydroxylation is 1. The van der Waals surface area contributed by atoms with Crippen molar-refractivity contribution in [3.05, 3.63) is 237 Å². The van der Waals surface area contributed by atoms with E-state index in [0.717, 1.165) is 57.6 Å². The number of carbonyl (C=O) groups excluding carboxylic acids is 5. The van der Waals surface area contributed by atoms with Crippen molar-refractivity contribution in [3.63, 3.8) is 0 Å². The first-order valence-electron chi connectivity index (χ1n) is 44.1. The molecule has 40 nitrogen and oxygen atoms in total. The van der Waals surface area contributed by atoms with Crippen molar-refractivity contribution < 1.29 is 81.0 Å². The first kappa shape index (κ1) is 109. The maximum Gasteiger partial charge on any atom is 0.410 e. The average Bonchev–Trinajstić information content (AvgIpc) is 1.60. The number of aromatic nitrogens is 16. The first-order chi connectivity index (χ1) is 65.3. The second-order valence-electron chi connectivity index (χ2n) is 34.8. The van der Waals surface area contributed by atoms with Gasteiger partial charge in [-0.15, -0.1) is 0 Å². The number of ether oxygens (including phenoxy) is 3. The van der Waals surface area contributed by atoms with E-state index in [-0.39, 0.29) is 133 Å². The Morgan fingerprint density at radius 1 is 0.442 bits per heavy atom. The Morgan fingerprint density at radius 2 is 0.746 bits per heavy atom. The number of methoxy groups -OCH3 is 1. The molecule has 0 spiro atoms. The number of anilines is 3. The maximum absolute atomic E-state index is 14.5. The molecule has 12 aromatic heterocycles. The van der Waals surface area contributed by atoms with E-state index in [1.165, 1.54) is 94.3 Å². The number of imidazole rings is 4.